The van der Waals surface area contributed by atoms with Gasteiger partial charge in [0.25, 0.3) is 0 Å². The number of hydrogen-bond donors (Lipinski definition) is 2. The lowest BCUT2D eigenvalue weighted by Gasteiger charge is -2.40. The maximum Gasteiger partial charge on any atom is 0.328 e. The normalized spacial score (nSPS) is 17.3. The van der Waals surface area contributed by atoms with Crippen LogP contribution in [0.5, 0.6) is 0 Å². The van der Waals surface area contributed by atoms with E-state index in [2.05, 4.69) is 15.4 Å². The molecule has 0 aliphatic carbocycles. The molecule has 0 aromatic heterocycles. The third-order valence-electron chi connectivity index (χ3n) is 4.50. The first kappa shape index (κ1) is 22.2. The van der Waals surface area contributed by atoms with Crippen LogP contribution in [0.1, 0.15) is 6.92 Å². The van der Waals surface area contributed by atoms with Crippen molar-refractivity contribution in [1.29, 1.82) is 0 Å². The number of nitrogens with zero attached hydrogens (tertiary/aromatic N) is 2. The first-order valence-electron chi connectivity index (χ1n) is 9.15. The van der Waals surface area contributed by atoms with Crippen LogP contribution < -0.4 is 10.6 Å². The van der Waals surface area contributed by atoms with Gasteiger partial charge in [-0.2, -0.15) is 0 Å². The first-order chi connectivity index (χ1) is 13.9. The minimum Gasteiger partial charge on any atom is -0.467 e. The van der Waals surface area contributed by atoms with Crippen LogP contribution in [-0.4, -0.2) is 86.2 Å². The van der Waals surface area contributed by atoms with Crippen molar-refractivity contribution in [2.45, 2.75) is 19.0 Å². The second-order valence-electron chi connectivity index (χ2n) is 6.53. The molecule has 2 rings (SSSR count). The minimum absolute atomic E-state index is 0.0200. The molecule has 10 nitrogen and oxygen atoms in total. The van der Waals surface area contributed by atoms with Crippen LogP contribution in [0.15, 0.2) is 30.3 Å². The van der Waals surface area contributed by atoms with E-state index in [4.69, 9.17) is 4.74 Å². The Morgan fingerprint density at radius 3 is 2.45 bits per heavy atom. The molecular formula is C19H26N4O6. The number of methoxy groups -OCH3 is 2. The van der Waals surface area contributed by atoms with E-state index in [1.807, 2.05) is 6.07 Å². The summed E-state index contributed by atoms with van der Waals surface area (Å²) in [5.41, 5.74) is 0.621. The average molecular weight is 406 g/mol. The molecule has 1 aromatic rings. The van der Waals surface area contributed by atoms with Gasteiger partial charge in [0.05, 0.1) is 13.7 Å². The number of benzene rings is 1. The summed E-state index contributed by atoms with van der Waals surface area (Å²) in [5.74, 6) is -1.53. The van der Waals surface area contributed by atoms with Crippen molar-refractivity contribution in [3.63, 3.8) is 0 Å². The van der Waals surface area contributed by atoms with Gasteiger partial charge in [0.2, 0.25) is 11.8 Å². The second-order valence-corrected chi connectivity index (χ2v) is 6.53. The Balaban J connectivity index is 2.12. The SMILES string of the molecule is COCC(=O)N1CCN(C(=O)Nc2ccccc2)C[C@H]1C(=O)N[C@H](C)C(=O)OC. The zero-order valence-electron chi connectivity index (χ0n) is 16.7. The first-order valence-corrected chi connectivity index (χ1v) is 9.15. The van der Waals surface area contributed by atoms with Crippen LogP contribution in [0.25, 0.3) is 0 Å². The Bertz CT molecular complexity index is 741. The zero-order chi connectivity index (χ0) is 21.4. The number of esters is 1. The van der Waals surface area contributed by atoms with Crippen molar-refractivity contribution in [3.8, 4) is 0 Å². The Hall–Kier alpha value is -3.14. The number of ether oxygens (including phenoxy) is 2. The number of carbonyl (C=O) groups is 4. The molecule has 1 aliphatic rings. The molecule has 1 aliphatic heterocycles. The summed E-state index contributed by atoms with van der Waals surface area (Å²) >= 11 is 0. The highest BCUT2D eigenvalue weighted by Gasteiger charge is 2.37. The van der Waals surface area contributed by atoms with Crippen LogP contribution in [0.4, 0.5) is 10.5 Å². The van der Waals surface area contributed by atoms with Gasteiger partial charge in [-0.15, -0.1) is 0 Å². The minimum atomic E-state index is -0.958. The fraction of sp³-hybridized carbons (Fsp3) is 0.474. The molecule has 2 N–H and O–H groups in total. The highest BCUT2D eigenvalue weighted by atomic mass is 16.5. The van der Waals surface area contributed by atoms with Crippen LogP contribution in [-0.2, 0) is 23.9 Å². The van der Waals surface area contributed by atoms with Crippen molar-refractivity contribution in [2.24, 2.45) is 0 Å². The van der Waals surface area contributed by atoms with Gasteiger partial charge >= 0.3 is 12.0 Å². The summed E-state index contributed by atoms with van der Waals surface area (Å²) in [7, 11) is 2.60. The molecule has 0 radical (unpaired) electrons. The Labute approximate surface area is 169 Å². The molecule has 4 amide bonds. The van der Waals surface area contributed by atoms with Gasteiger partial charge < -0.3 is 29.9 Å². The predicted octanol–water partition coefficient (Wildman–Crippen LogP) is 0.0554. The van der Waals surface area contributed by atoms with Gasteiger partial charge in [-0.1, -0.05) is 18.2 Å². The van der Waals surface area contributed by atoms with Crippen molar-refractivity contribution in [3.05, 3.63) is 30.3 Å². The van der Waals surface area contributed by atoms with E-state index in [0.717, 1.165) is 0 Å². The van der Waals surface area contributed by atoms with E-state index in [-0.39, 0.29) is 38.2 Å². The van der Waals surface area contributed by atoms with E-state index >= 15 is 0 Å². The summed E-state index contributed by atoms with van der Waals surface area (Å²) in [6.45, 7) is 1.69. The highest BCUT2D eigenvalue weighted by molar-refractivity contribution is 5.93. The molecular weight excluding hydrogens is 380 g/mol. The Morgan fingerprint density at radius 1 is 1.14 bits per heavy atom. The number of carbonyl (C=O) groups excluding carboxylic acids is 4. The number of urea groups is 1. The molecule has 1 fully saturated rings. The van der Waals surface area contributed by atoms with E-state index in [1.54, 1.807) is 24.3 Å². The predicted molar refractivity (Wildman–Crippen MR) is 104 cm³/mol. The van der Waals surface area contributed by atoms with Gasteiger partial charge in [-0.05, 0) is 19.1 Å². The fourth-order valence-corrected chi connectivity index (χ4v) is 2.97. The monoisotopic (exact) mass is 406 g/mol. The lowest BCUT2D eigenvalue weighted by molar-refractivity contribution is -0.148. The summed E-state index contributed by atoms with van der Waals surface area (Å²) in [6.07, 6.45) is 0. The standard InChI is InChI=1S/C19H26N4O6/c1-13(18(26)29-3)20-17(25)15-11-22(9-10-23(15)16(24)12-28-2)19(27)21-14-7-5-4-6-8-14/h4-8,13,15H,9-12H2,1-3H3,(H,20,25)(H,21,27)/t13-,15+/m1/s1. The number of nitrogens with one attached hydrogen (secondary N) is 2. The van der Waals surface area contributed by atoms with Crippen molar-refractivity contribution >= 4 is 29.5 Å². The maximum absolute atomic E-state index is 12.8. The van der Waals surface area contributed by atoms with Crippen LogP contribution >= 0.6 is 0 Å². The van der Waals surface area contributed by atoms with Gasteiger partial charge in [-0.3, -0.25) is 9.59 Å². The molecule has 10 heteroatoms. The lowest BCUT2D eigenvalue weighted by atomic mass is 10.1. The lowest BCUT2D eigenvalue weighted by Crippen LogP contribution is -2.63. The largest absolute Gasteiger partial charge is 0.467 e. The number of piperazine rings is 1. The van der Waals surface area contributed by atoms with Crippen LogP contribution in [0, 0.1) is 0 Å². The zero-order valence-corrected chi connectivity index (χ0v) is 16.7. The average Bonchev–Trinajstić information content (AvgIpc) is 2.73. The number of amides is 4. The molecule has 0 spiro atoms. The van der Waals surface area contributed by atoms with E-state index in [0.29, 0.717) is 5.69 Å². The van der Waals surface area contributed by atoms with E-state index < -0.39 is 24.0 Å². The summed E-state index contributed by atoms with van der Waals surface area (Å²) in [5, 5.41) is 5.29. The van der Waals surface area contributed by atoms with Gasteiger partial charge in [0.15, 0.2) is 0 Å². The molecule has 0 bridgehead atoms. The molecule has 0 unspecified atom stereocenters. The number of rotatable bonds is 6. The van der Waals surface area contributed by atoms with Crippen molar-refractivity contribution < 1.29 is 28.7 Å². The second kappa shape index (κ2) is 10.4. The van der Waals surface area contributed by atoms with Gasteiger partial charge in [-0.25, -0.2) is 9.59 Å². The Kier molecular flexibility index (Phi) is 7.96. The maximum atomic E-state index is 12.8. The van der Waals surface area contributed by atoms with Gasteiger partial charge in [0, 0.05) is 25.9 Å². The molecule has 0 saturated carbocycles. The molecule has 2 atom stereocenters. The summed E-state index contributed by atoms with van der Waals surface area (Å²) in [6, 6.07) is 6.69. The molecule has 1 saturated heterocycles. The van der Waals surface area contributed by atoms with Crippen molar-refractivity contribution in [2.75, 3.05) is 45.8 Å². The third-order valence-corrected chi connectivity index (χ3v) is 4.50. The number of anilines is 1. The quantitative estimate of drug-likeness (QED) is 0.645. The van der Waals surface area contributed by atoms with E-state index in [9.17, 15) is 19.2 Å². The van der Waals surface area contributed by atoms with E-state index in [1.165, 1.54) is 30.9 Å². The van der Waals surface area contributed by atoms with Gasteiger partial charge in [0.1, 0.15) is 18.7 Å². The molecule has 1 aromatic carbocycles. The third kappa shape index (κ3) is 5.92. The number of para-hydroxylation sites is 1. The summed E-state index contributed by atoms with van der Waals surface area (Å²) in [4.78, 5) is 52.1. The van der Waals surface area contributed by atoms with Crippen molar-refractivity contribution in [1.82, 2.24) is 15.1 Å². The fourth-order valence-electron chi connectivity index (χ4n) is 2.97. The highest BCUT2D eigenvalue weighted by Crippen LogP contribution is 2.14. The molecule has 1 heterocycles. The molecule has 158 valence electrons. The topological polar surface area (TPSA) is 117 Å². The van der Waals surface area contributed by atoms with Crippen LogP contribution in [0.2, 0.25) is 0 Å². The smallest absolute Gasteiger partial charge is 0.328 e. The number of hydrogen-bond acceptors (Lipinski definition) is 6. The Morgan fingerprint density at radius 2 is 1.83 bits per heavy atom. The van der Waals surface area contributed by atoms with Crippen LogP contribution in [0.3, 0.4) is 0 Å². The molecule has 29 heavy (non-hydrogen) atoms. The summed E-state index contributed by atoms with van der Waals surface area (Å²) < 4.78 is 9.50.